The standard InChI is InChI=1S/C16H13IN2O2/c17-12-6-4-5-11(9-12)10-14-15(20)19(16(21)18-14)13-7-2-1-3-8-13/h1-9,14H,10H2,(H,18,21)/t14-/m0/s1. The van der Waals surface area contributed by atoms with E-state index in [9.17, 15) is 9.59 Å². The molecule has 0 spiro atoms. The molecule has 21 heavy (non-hydrogen) atoms. The first-order valence-corrected chi connectivity index (χ1v) is 7.67. The summed E-state index contributed by atoms with van der Waals surface area (Å²) in [4.78, 5) is 25.7. The third kappa shape index (κ3) is 2.92. The molecule has 0 saturated carbocycles. The molecule has 0 bridgehead atoms. The maximum Gasteiger partial charge on any atom is 0.329 e. The Hall–Kier alpha value is -1.89. The van der Waals surface area contributed by atoms with Gasteiger partial charge in [0, 0.05) is 9.99 Å². The van der Waals surface area contributed by atoms with Crippen LogP contribution in [-0.2, 0) is 11.2 Å². The van der Waals surface area contributed by atoms with Gasteiger partial charge in [-0.2, -0.15) is 0 Å². The highest BCUT2D eigenvalue weighted by atomic mass is 127. The summed E-state index contributed by atoms with van der Waals surface area (Å²) in [7, 11) is 0. The predicted octanol–water partition coefficient (Wildman–Crippen LogP) is 2.96. The van der Waals surface area contributed by atoms with E-state index in [2.05, 4.69) is 27.9 Å². The molecule has 2 aromatic carbocycles. The lowest BCUT2D eigenvalue weighted by atomic mass is 10.1. The number of halogens is 1. The van der Waals surface area contributed by atoms with Crippen LogP contribution >= 0.6 is 22.6 Å². The SMILES string of the molecule is O=C1N[C@@H](Cc2cccc(I)c2)C(=O)N1c1ccccc1. The fraction of sp³-hybridized carbons (Fsp3) is 0.125. The number of carbonyl (C=O) groups excluding carboxylic acids is 2. The minimum absolute atomic E-state index is 0.204. The molecule has 1 saturated heterocycles. The summed E-state index contributed by atoms with van der Waals surface area (Å²) < 4.78 is 1.11. The maximum atomic E-state index is 12.4. The summed E-state index contributed by atoms with van der Waals surface area (Å²) in [5, 5.41) is 2.76. The molecule has 0 aliphatic carbocycles. The van der Waals surface area contributed by atoms with Gasteiger partial charge in [0.1, 0.15) is 6.04 Å². The normalized spacial score (nSPS) is 18.0. The average Bonchev–Trinajstić information content (AvgIpc) is 2.74. The molecule has 3 rings (SSSR count). The number of hydrogen-bond donors (Lipinski definition) is 1. The third-order valence-electron chi connectivity index (χ3n) is 3.36. The molecule has 106 valence electrons. The second kappa shape index (κ2) is 5.85. The van der Waals surface area contributed by atoms with Gasteiger partial charge >= 0.3 is 6.03 Å². The number of nitrogens with zero attached hydrogens (tertiary/aromatic N) is 1. The van der Waals surface area contributed by atoms with E-state index in [4.69, 9.17) is 0 Å². The highest BCUT2D eigenvalue weighted by molar-refractivity contribution is 14.1. The van der Waals surface area contributed by atoms with Crippen molar-refractivity contribution in [1.29, 1.82) is 0 Å². The molecule has 2 aromatic rings. The van der Waals surface area contributed by atoms with E-state index in [1.54, 1.807) is 12.1 Å². The lowest BCUT2D eigenvalue weighted by molar-refractivity contribution is -0.118. The Labute approximate surface area is 136 Å². The zero-order valence-corrected chi connectivity index (χ0v) is 13.3. The van der Waals surface area contributed by atoms with Crippen LogP contribution < -0.4 is 10.2 Å². The van der Waals surface area contributed by atoms with Crippen LogP contribution in [0.1, 0.15) is 5.56 Å². The first-order valence-electron chi connectivity index (χ1n) is 6.59. The molecule has 3 amide bonds. The van der Waals surface area contributed by atoms with E-state index in [1.807, 2.05) is 42.5 Å². The summed E-state index contributed by atoms with van der Waals surface area (Å²) in [5.41, 5.74) is 1.64. The van der Waals surface area contributed by atoms with Crippen LogP contribution in [0.15, 0.2) is 54.6 Å². The van der Waals surface area contributed by atoms with Crippen molar-refractivity contribution in [2.75, 3.05) is 4.90 Å². The van der Waals surface area contributed by atoms with Crippen molar-refractivity contribution in [1.82, 2.24) is 5.32 Å². The average molecular weight is 392 g/mol. The van der Waals surface area contributed by atoms with Gasteiger partial charge in [-0.05, 0) is 52.4 Å². The number of urea groups is 1. The minimum atomic E-state index is -0.504. The molecule has 0 unspecified atom stereocenters. The van der Waals surface area contributed by atoms with Crippen molar-refractivity contribution in [2.24, 2.45) is 0 Å². The van der Waals surface area contributed by atoms with Crippen LogP contribution in [0.3, 0.4) is 0 Å². The van der Waals surface area contributed by atoms with Crippen molar-refractivity contribution in [3.05, 3.63) is 63.7 Å². The van der Waals surface area contributed by atoms with Crippen LogP contribution in [0, 0.1) is 3.57 Å². The number of imide groups is 1. The number of benzene rings is 2. The zero-order chi connectivity index (χ0) is 14.8. The maximum absolute atomic E-state index is 12.4. The molecule has 1 fully saturated rings. The van der Waals surface area contributed by atoms with E-state index in [1.165, 1.54) is 4.90 Å². The summed E-state index contributed by atoms with van der Waals surface area (Å²) in [6.07, 6.45) is 0.505. The number of hydrogen-bond acceptors (Lipinski definition) is 2. The first kappa shape index (κ1) is 14.1. The molecule has 0 radical (unpaired) electrons. The van der Waals surface area contributed by atoms with Crippen molar-refractivity contribution in [3.8, 4) is 0 Å². The van der Waals surface area contributed by atoms with Crippen molar-refractivity contribution < 1.29 is 9.59 Å². The van der Waals surface area contributed by atoms with Crippen LogP contribution in [0.2, 0.25) is 0 Å². The molecule has 1 N–H and O–H groups in total. The predicted molar refractivity (Wildman–Crippen MR) is 89.1 cm³/mol. The fourth-order valence-corrected chi connectivity index (χ4v) is 3.00. The fourth-order valence-electron chi connectivity index (χ4n) is 2.39. The molecule has 4 nitrogen and oxygen atoms in total. The van der Waals surface area contributed by atoms with Crippen molar-refractivity contribution >= 4 is 40.2 Å². The minimum Gasteiger partial charge on any atom is -0.325 e. The van der Waals surface area contributed by atoms with Gasteiger partial charge in [-0.25, -0.2) is 9.69 Å². The number of rotatable bonds is 3. The summed E-state index contributed by atoms with van der Waals surface area (Å²) in [5.74, 6) is -0.204. The molecular weight excluding hydrogens is 379 g/mol. The molecule has 1 aliphatic heterocycles. The molecule has 5 heteroatoms. The highest BCUT2D eigenvalue weighted by Crippen LogP contribution is 2.21. The van der Waals surface area contributed by atoms with Gasteiger partial charge in [0.05, 0.1) is 5.69 Å². The quantitative estimate of drug-likeness (QED) is 0.645. The Kier molecular flexibility index (Phi) is 3.92. The van der Waals surface area contributed by atoms with E-state index in [0.717, 1.165) is 9.13 Å². The second-order valence-corrected chi connectivity index (χ2v) is 6.09. The molecule has 1 aliphatic rings. The first-order chi connectivity index (χ1) is 10.1. The summed E-state index contributed by atoms with van der Waals surface area (Å²) >= 11 is 2.23. The number of para-hydroxylation sites is 1. The van der Waals surface area contributed by atoms with Crippen molar-refractivity contribution in [3.63, 3.8) is 0 Å². The Bertz CT molecular complexity index is 688. The topological polar surface area (TPSA) is 49.4 Å². The smallest absolute Gasteiger partial charge is 0.325 e. The Morgan fingerprint density at radius 2 is 1.81 bits per heavy atom. The van der Waals surface area contributed by atoms with Crippen LogP contribution in [-0.4, -0.2) is 18.0 Å². The van der Waals surface area contributed by atoms with E-state index < -0.39 is 6.04 Å². The number of anilines is 1. The summed E-state index contributed by atoms with van der Waals surface area (Å²) in [6.45, 7) is 0. The van der Waals surface area contributed by atoms with Gasteiger partial charge in [-0.1, -0.05) is 30.3 Å². The summed E-state index contributed by atoms with van der Waals surface area (Å²) in [6, 6.07) is 16.0. The second-order valence-electron chi connectivity index (χ2n) is 4.85. The largest absolute Gasteiger partial charge is 0.329 e. The molecule has 1 atom stereocenters. The Morgan fingerprint density at radius 1 is 1.05 bits per heavy atom. The van der Waals surface area contributed by atoms with Crippen molar-refractivity contribution in [2.45, 2.75) is 12.5 Å². The number of nitrogens with one attached hydrogen (secondary N) is 1. The zero-order valence-electron chi connectivity index (χ0n) is 11.1. The van der Waals surface area contributed by atoms with E-state index >= 15 is 0 Å². The van der Waals surface area contributed by atoms with E-state index in [0.29, 0.717) is 12.1 Å². The molecule has 1 heterocycles. The number of amides is 3. The van der Waals surface area contributed by atoms with Gasteiger partial charge in [-0.3, -0.25) is 4.79 Å². The lowest BCUT2D eigenvalue weighted by Gasteiger charge is -2.12. The van der Waals surface area contributed by atoms with Crippen LogP contribution in [0.5, 0.6) is 0 Å². The number of carbonyl (C=O) groups is 2. The van der Waals surface area contributed by atoms with Gasteiger partial charge < -0.3 is 5.32 Å². The van der Waals surface area contributed by atoms with Gasteiger partial charge in [0.2, 0.25) is 0 Å². The Morgan fingerprint density at radius 3 is 2.52 bits per heavy atom. The van der Waals surface area contributed by atoms with Gasteiger partial charge in [-0.15, -0.1) is 0 Å². The molecule has 0 aromatic heterocycles. The Balaban J connectivity index is 1.81. The molecular formula is C16H13IN2O2. The third-order valence-corrected chi connectivity index (χ3v) is 4.03. The van der Waals surface area contributed by atoms with Crippen LogP contribution in [0.4, 0.5) is 10.5 Å². The van der Waals surface area contributed by atoms with Gasteiger partial charge in [0.25, 0.3) is 5.91 Å². The monoisotopic (exact) mass is 392 g/mol. The van der Waals surface area contributed by atoms with Crippen LogP contribution in [0.25, 0.3) is 0 Å². The van der Waals surface area contributed by atoms with Gasteiger partial charge in [0.15, 0.2) is 0 Å². The highest BCUT2D eigenvalue weighted by Gasteiger charge is 2.38. The van der Waals surface area contributed by atoms with E-state index in [-0.39, 0.29) is 11.9 Å². The lowest BCUT2D eigenvalue weighted by Crippen LogP contribution is -2.32.